The summed E-state index contributed by atoms with van der Waals surface area (Å²) in [5.41, 5.74) is 0. The van der Waals surface area contributed by atoms with E-state index in [2.05, 4.69) is 0 Å². The predicted molar refractivity (Wildman–Crippen MR) is 46.1 cm³/mol. The Morgan fingerprint density at radius 3 is 2.27 bits per heavy atom. The zero-order valence-electron chi connectivity index (χ0n) is 7.14. The van der Waals surface area contributed by atoms with E-state index in [1.165, 1.54) is 38.5 Å². The average molecular weight is 153 g/mol. The van der Waals surface area contributed by atoms with Crippen LogP contribution in [-0.2, 0) is 4.79 Å². The van der Waals surface area contributed by atoms with E-state index in [-0.39, 0.29) is 0 Å². The van der Waals surface area contributed by atoms with Gasteiger partial charge in [0.15, 0.2) is 6.29 Å². The van der Waals surface area contributed by atoms with Gasteiger partial charge < -0.3 is 0 Å². The van der Waals surface area contributed by atoms with Crippen LogP contribution in [-0.4, -0.2) is 6.29 Å². The third-order valence-electron chi connectivity index (χ3n) is 2.63. The van der Waals surface area contributed by atoms with Crippen molar-refractivity contribution in [2.75, 3.05) is 0 Å². The molecule has 1 rings (SSSR count). The van der Waals surface area contributed by atoms with E-state index in [1.807, 2.05) is 6.29 Å². The lowest BCUT2D eigenvalue weighted by Crippen LogP contribution is -1.98. The fraction of sp³-hybridized carbons (Fsp3) is 0.900. The minimum absolute atomic E-state index is 0.657. The quantitative estimate of drug-likeness (QED) is 0.570. The Morgan fingerprint density at radius 1 is 1.09 bits per heavy atom. The van der Waals surface area contributed by atoms with Crippen molar-refractivity contribution in [3.8, 4) is 0 Å². The van der Waals surface area contributed by atoms with Crippen LogP contribution in [0.15, 0.2) is 0 Å². The molecule has 11 heavy (non-hydrogen) atoms. The van der Waals surface area contributed by atoms with Crippen LogP contribution in [0.1, 0.15) is 51.4 Å². The largest absolute Gasteiger partial charge is 0.291 e. The summed E-state index contributed by atoms with van der Waals surface area (Å²) in [4.78, 5) is 10.0. The standard InChI is InChI=1S/C10H17O/c11-9-5-8-10-6-3-1-2-4-7-10/h10H,1-8H2. The van der Waals surface area contributed by atoms with Crippen LogP contribution in [0.3, 0.4) is 0 Å². The first-order chi connectivity index (χ1) is 5.43. The minimum atomic E-state index is 0.657. The summed E-state index contributed by atoms with van der Waals surface area (Å²) < 4.78 is 0. The molecule has 1 radical (unpaired) electrons. The van der Waals surface area contributed by atoms with Gasteiger partial charge in [0, 0.05) is 6.42 Å². The lowest BCUT2D eigenvalue weighted by molar-refractivity contribution is 0.430. The summed E-state index contributed by atoms with van der Waals surface area (Å²) in [6.07, 6.45) is 12.0. The Bertz CT molecular complexity index is 101. The SMILES string of the molecule is O=[C]CCC1CCCCCC1. The Balaban J connectivity index is 2.14. The minimum Gasteiger partial charge on any atom is -0.291 e. The van der Waals surface area contributed by atoms with Gasteiger partial charge in [0.2, 0.25) is 0 Å². The van der Waals surface area contributed by atoms with Crippen LogP contribution >= 0.6 is 0 Å². The summed E-state index contributed by atoms with van der Waals surface area (Å²) in [6, 6.07) is 0. The van der Waals surface area contributed by atoms with Crippen LogP contribution in [0.25, 0.3) is 0 Å². The average Bonchev–Trinajstić information content (AvgIpc) is 2.28. The van der Waals surface area contributed by atoms with Gasteiger partial charge in [-0.2, -0.15) is 0 Å². The zero-order valence-corrected chi connectivity index (χ0v) is 7.14. The van der Waals surface area contributed by atoms with Gasteiger partial charge in [0.25, 0.3) is 0 Å². The highest BCUT2D eigenvalue weighted by molar-refractivity contribution is 5.50. The van der Waals surface area contributed by atoms with Gasteiger partial charge in [-0.25, -0.2) is 0 Å². The van der Waals surface area contributed by atoms with E-state index >= 15 is 0 Å². The first kappa shape index (κ1) is 8.76. The summed E-state index contributed by atoms with van der Waals surface area (Å²) in [7, 11) is 0. The summed E-state index contributed by atoms with van der Waals surface area (Å²) in [5, 5.41) is 0. The molecule has 1 aliphatic carbocycles. The fourth-order valence-electron chi connectivity index (χ4n) is 1.92. The van der Waals surface area contributed by atoms with Crippen LogP contribution < -0.4 is 0 Å². The van der Waals surface area contributed by atoms with Gasteiger partial charge in [0.1, 0.15) is 0 Å². The Kier molecular flexibility index (Phi) is 4.25. The van der Waals surface area contributed by atoms with Crippen LogP contribution in [0.2, 0.25) is 0 Å². The molecule has 1 saturated carbocycles. The molecule has 0 bridgehead atoms. The number of hydrogen-bond acceptors (Lipinski definition) is 1. The second-order valence-corrected chi connectivity index (χ2v) is 3.54. The molecule has 63 valence electrons. The molecule has 1 nitrogen and oxygen atoms in total. The van der Waals surface area contributed by atoms with Crippen LogP contribution in [0.5, 0.6) is 0 Å². The van der Waals surface area contributed by atoms with Crippen molar-refractivity contribution in [3.63, 3.8) is 0 Å². The molecule has 0 aromatic carbocycles. The smallest absolute Gasteiger partial charge is 0.198 e. The van der Waals surface area contributed by atoms with E-state index in [0.29, 0.717) is 6.42 Å². The van der Waals surface area contributed by atoms with Gasteiger partial charge >= 0.3 is 0 Å². The van der Waals surface area contributed by atoms with Crippen molar-refractivity contribution >= 4 is 6.29 Å². The summed E-state index contributed by atoms with van der Waals surface area (Å²) in [6.45, 7) is 0. The summed E-state index contributed by atoms with van der Waals surface area (Å²) >= 11 is 0. The maximum atomic E-state index is 10.0. The van der Waals surface area contributed by atoms with E-state index in [4.69, 9.17) is 0 Å². The summed E-state index contributed by atoms with van der Waals surface area (Å²) in [5.74, 6) is 0.832. The Morgan fingerprint density at radius 2 is 1.73 bits per heavy atom. The lowest BCUT2D eigenvalue weighted by Gasteiger charge is -2.10. The van der Waals surface area contributed by atoms with E-state index in [9.17, 15) is 4.79 Å². The molecule has 1 heteroatoms. The highest BCUT2D eigenvalue weighted by atomic mass is 16.1. The maximum Gasteiger partial charge on any atom is 0.198 e. The topological polar surface area (TPSA) is 17.1 Å². The Hall–Kier alpha value is -0.330. The maximum absolute atomic E-state index is 10.0. The second kappa shape index (κ2) is 5.34. The van der Waals surface area contributed by atoms with E-state index < -0.39 is 0 Å². The van der Waals surface area contributed by atoms with Gasteiger partial charge in [-0.15, -0.1) is 0 Å². The molecule has 0 saturated heterocycles. The van der Waals surface area contributed by atoms with Gasteiger partial charge in [0.05, 0.1) is 0 Å². The third kappa shape index (κ3) is 3.54. The molecule has 0 atom stereocenters. The second-order valence-electron chi connectivity index (χ2n) is 3.54. The van der Waals surface area contributed by atoms with Crippen molar-refractivity contribution in [2.24, 2.45) is 5.92 Å². The molecule has 0 spiro atoms. The normalized spacial score (nSPS) is 21.1. The fourth-order valence-corrected chi connectivity index (χ4v) is 1.92. The van der Waals surface area contributed by atoms with E-state index in [1.54, 1.807) is 0 Å². The van der Waals surface area contributed by atoms with Crippen molar-refractivity contribution in [2.45, 2.75) is 51.4 Å². The molecule has 1 aliphatic rings. The van der Waals surface area contributed by atoms with E-state index in [0.717, 1.165) is 12.3 Å². The van der Waals surface area contributed by atoms with Crippen LogP contribution in [0, 0.1) is 5.92 Å². The van der Waals surface area contributed by atoms with Crippen LogP contribution in [0.4, 0.5) is 0 Å². The zero-order chi connectivity index (χ0) is 7.94. The van der Waals surface area contributed by atoms with Crippen molar-refractivity contribution in [3.05, 3.63) is 0 Å². The third-order valence-corrected chi connectivity index (χ3v) is 2.63. The molecule has 0 heterocycles. The molecular formula is C10H17O. The monoisotopic (exact) mass is 153 g/mol. The van der Waals surface area contributed by atoms with Gasteiger partial charge in [-0.1, -0.05) is 38.5 Å². The molecule has 1 fully saturated rings. The van der Waals surface area contributed by atoms with Crippen molar-refractivity contribution in [1.82, 2.24) is 0 Å². The predicted octanol–water partition coefficient (Wildman–Crippen LogP) is 2.85. The molecular weight excluding hydrogens is 136 g/mol. The van der Waals surface area contributed by atoms with Crippen molar-refractivity contribution < 1.29 is 4.79 Å². The number of rotatable bonds is 3. The number of hydrogen-bond donors (Lipinski definition) is 0. The van der Waals surface area contributed by atoms with Crippen molar-refractivity contribution in [1.29, 1.82) is 0 Å². The molecule has 0 unspecified atom stereocenters. The lowest BCUT2D eigenvalue weighted by atomic mass is 9.95. The number of carbonyl (C=O) groups excluding carboxylic acids is 1. The van der Waals surface area contributed by atoms with Gasteiger partial charge in [-0.3, -0.25) is 4.79 Å². The first-order valence-electron chi connectivity index (χ1n) is 4.78. The Labute approximate surface area is 69.2 Å². The molecule has 0 aromatic rings. The molecule has 0 aromatic heterocycles. The van der Waals surface area contributed by atoms with Gasteiger partial charge in [-0.05, 0) is 12.3 Å². The highest BCUT2D eigenvalue weighted by Crippen LogP contribution is 2.25. The molecule has 0 amide bonds. The highest BCUT2D eigenvalue weighted by Gasteiger charge is 2.10. The molecule has 0 N–H and O–H groups in total. The first-order valence-corrected chi connectivity index (χ1v) is 4.78. The molecule has 0 aliphatic heterocycles.